The molecule has 0 heterocycles. The molecule has 0 radical (unpaired) electrons. The molecule has 0 aromatic heterocycles. The van der Waals surface area contributed by atoms with Gasteiger partial charge in [0, 0.05) is 5.41 Å². The highest BCUT2D eigenvalue weighted by Gasteiger charge is 2.63. The summed E-state index contributed by atoms with van der Waals surface area (Å²) in [7, 11) is 0. The van der Waals surface area contributed by atoms with E-state index >= 15 is 0 Å². The van der Waals surface area contributed by atoms with Crippen molar-refractivity contribution in [2.45, 2.75) is 46.3 Å². The third-order valence-electron chi connectivity index (χ3n) is 2.95. The first-order valence-corrected chi connectivity index (χ1v) is 4.79. The van der Waals surface area contributed by atoms with Crippen molar-refractivity contribution in [2.75, 3.05) is 0 Å². The highest BCUT2D eigenvalue weighted by Crippen LogP contribution is 2.54. The highest BCUT2D eigenvalue weighted by molar-refractivity contribution is 5.76. The van der Waals surface area contributed by atoms with E-state index in [2.05, 4.69) is 0 Å². The molecular formula is C10H18O3. The maximum absolute atomic E-state index is 10.8. The van der Waals surface area contributed by atoms with Gasteiger partial charge in [0.2, 0.25) is 0 Å². The van der Waals surface area contributed by atoms with Crippen LogP contribution in [-0.2, 0) is 9.53 Å². The SMILES string of the molecule is CCC(C)OC1C(C(=O)O)C1(C)C. The smallest absolute Gasteiger partial charge is 0.309 e. The van der Waals surface area contributed by atoms with Gasteiger partial charge >= 0.3 is 5.97 Å². The van der Waals surface area contributed by atoms with Crippen LogP contribution in [0.3, 0.4) is 0 Å². The lowest BCUT2D eigenvalue weighted by atomic mass is 10.1. The van der Waals surface area contributed by atoms with Gasteiger partial charge < -0.3 is 9.84 Å². The highest BCUT2D eigenvalue weighted by atomic mass is 16.5. The monoisotopic (exact) mass is 186 g/mol. The zero-order chi connectivity index (χ0) is 10.2. The molecule has 0 aromatic rings. The van der Waals surface area contributed by atoms with Crippen LogP contribution >= 0.6 is 0 Å². The normalized spacial score (nSPS) is 32.6. The fraction of sp³-hybridized carbons (Fsp3) is 0.900. The van der Waals surface area contributed by atoms with E-state index < -0.39 is 5.97 Å². The molecule has 1 rings (SSSR count). The van der Waals surface area contributed by atoms with Crippen LogP contribution in [0.2, 0.25) is 0 Å². The zero-order valence-corrected chi connectivity index (χ0v) is 8.70. The van der Waals surface area contributed by atoms with E-state index in [1.165, 1.54) is 0 Å². The summed E-state index contributed by atoms with van der Waals surface area (Å²) < 4.78 is 5.62. The van der Waals surface area contributed by atoms with Crippen molar-refractivity contribution in [1.29, 1.82) is 0 Å². The van der Waals surface area contributed by atoms with Crippen molar-refractivity contribution in [1.82, 2.24) is 0 Å². The molecular weight excluding hydrogens is 168 g/mol. The van der Waals surface area contributed by atoms with Gasteiger partial charge in [-0.2, -0.15) is 0 Å². The summed E-state index contributed by atoms with van der Waals surface area (Å²) >= 11 is 0. The van der Waals surface area contributed by atoms with E-state index in [1.807, 2.05) is 27.7 Å². The van der Waals surface area contributed by atoms with Gasteiger partial charge in [0.25, 0.3) is 0 Å². The molecule has 1 N–H and O–H groups in total. The second-order valence-corrected chi connectivity index (χ2v) is 4.41. The molecule has 3 nitrogen and oxygen atoms in total. The first kappa shape index (κ1) is 10.5. The lowest BCUT2D eigenvalue weighted by molar-refractivity contribution is -0.140. The number of hydrogen-bond acceptors (Lipinski definition) is 2. The molecule has 1 aliphatic rings. The number of rotatable bonds is 4. The van der Waals surface area contributed by atoms with Gasteiger partial charge in [-0.1, -0.05) is 20.8 Å². The largest absolute Gasteiger partial charge is 0.481 e. The Morgan fingerprint density at radius 1 is 1.62 bits per heavy atom. The number of aliphatic carboxylic acids is 1. The fourth-order valence-electron chi connectivity index (χ4n) is 1.64. The minimum atomic E-state index is -0.738. The summed E-state index contributed by atoms with van der Waals surface area (Å²) in [5.74, 6) is -1.06. The van der Waals surface area contributed by atoms with Crippen LogP contribution in [0.25, 0.3) is 0 Å². The fourth-order valence-corrected chi connectivity index (χ4v) is 1.64. The molecule has 1 fully saturated rings. The number of carbonyl (C=O) groups is 1. The molecule has 3 atom stereocenters. The first-order valence-electron chi connectivity index (χ1n) is 4.79. The molecule has 0 aromatic carbocycles. The second kappa shape index (κ2) is 3.29. The number of ether oxygens (including phenoxy) is 1. The van der Waals surface area contributed by atoms with Crippen molar-refractivity contribution in [3.8, 4) is 0 Å². The molecule has 0 aliphatic heterocycles. The zero-order valence-electron chi connectivity index (χ0n) is 8.70. The van der Waals surface area contributed by atoms with E-state index in [0.717, 1.165) is 6.42 Å². The minimum Gasteiger partial charge on any atom is -0.481 e. The van der Waals surface area contributed by atoms with Gasteiger partial charge in [0.1, 0.15) is 0 Å². The first-order chi connectivity index (χ1) is 5.91. The maximum atomic E-state index is 10.8. The molecule has 0 spiro atoms. The molecule has 13 heavy (non-hydrogen) atoms. The van der Waals surface area contributed by atoms with E-state index in [-0.39, 0.29) is 23.5 Å². The van der Waals surface area contributed by atoms with Crippen molar-refractivity contribution in [2.24, 2.45) is 11.3 Å². The Kier molecular flexibility index (Phi) is 2.66. The van der Waals surface area contributed by atoms with Gasteiger partial charge in [-0.05, 0) is 13.3 Å². The number of hydrogen-bond donors (Lipinski definition) is 1. The Morgan fingerprint density at radius 2 is 2.15 bits per heavy atom. The number of carboxylic acids is 1. The Bertz CT molecular complexity index is 210. The van der Waals surface area contributed by atoms with Gasteiger partial charge in [0.05, 0.1) is 18.1 Å². The molecule has 0 amide bonds. The van der Waals surface area contributed by atoms with E-state index in [1.54, 1.807) is 0 Å². The summed E-state index contributed by atoms with van der Waals surface area (Å²) in [6.07, 6.45) is 0.993. The Labute approximate surface area is 79.1 Å². The van der Waals surface area contributed by atoms with Gasteiger partial charge in [-0.3, -0.25) is 4.79 Å². The summed E-state index contributed by atoms with van der Waals surface area (Å²) in [6.45, 7) is 7.90. The van der Waals surface area contributed by atoms with Crippen LogP contribution in [0.5, 0.6) is 0 Å². The predicted octanol–water partition coefficient (Wildman–Crippen LogP) is 1.91. The van der Waals surface area contributed by atoms with Crippen LogP contribution in [0.1, 0.15) is 34.1 Å². The summed E-state index contributed by atoms with van der Waals surface area (Å²) in [5.41, 5.74) is -0.185. The van der Waals surface area contributed by atoms with Crippen LogP contribution in [-0.4, -0.2) is 23.3 Å². The molecule has 3 heteroatoms. The summed E-state index contributed by atoms with van der Waals surface area (Å²) in [5, 5.41) is 8.86. The molecule has 0 saturated heterocycles. The van der Waals surface area contributed by atoms with Gasteiger partial charge in [0.15, 0.2) is 0 Å². The minimum absolute atomic E-state index is 0.0973. The lowest BCUT2D eigenvalue weighted by Gasteiger charge is -2.11. The second-order valence-electron chi connectivity index (χ2n) is 4.41. The van der Waals surface area contributed by atoms with Gasteiger partial charge in [-0.25, -0.2) is 0 Å². The van der Waals surface area contributed by atoms with Crippen molar-refractivity contribution < 1.29 is 14.6 Å². The van der Waals surface area contributed by atoms with Crippen LogP contribution < -0.4 is 0 Å². The average Bonchev–Trinajstić information content (AvgIpc) is 2.53. The standard InChI is InChI=1S/C10H18O3/c1-5-6(2)13-8-7(9(11)12)10(8,3)4/h6-8H,5H2,1-4H3,(H,11,12). The third kappa shape index (κ3) is 1.85. The maximum Gasteiger partial charge on any atom is 0.309 e. The van der Waals surface area contributed by atoms with E-state index in [9.17, 15) is 4.79 Å². The molecule has 76 valence electrons. The Morgan fingerprint density at radius 3 is 2.46 bits per heavy atom. The van der Waals surface area contributed by atoms with Crippen molar-refractivity contribution >= 4 is 5.97 Å². The van der Waals surface area contributed by atoms with E-state index in [4.69, 9.17) is 9.84 Å². The summed E-state index contributed by atoms with van der Waals surface area (Å²) in [4.78, 5) is 10.8. The molecule has 3 unspecified atom stereocenters. The van der Waals surface area contributed by atoms with Crippen LogP contribution in [0.15, 0.2) is 0 Å². The average molecular weight is 186 g/mol. The molecule has 0 bridgehead atoms. The predicted molar refractivity (Wildman–Crippen MR) is 49.5 cm³/mol. The van der Waals surface area contributed by atoms with Crippen molar-refractivity contribution in [3.63, 3.8) is 0 Å². The third-order valence-corrected chi connectivity index (χ3v) is 2.95. The molecule has 1 saturated carbocycles. The quantitative estimate of drug-likeness (QED) is 0.729. The summed E-state index contributed by atoms with van der Waals surface area (Å²) in [6, 6.07) is 0. The Balaban J connectivity index is 2.51. The van der Waals surface area contributed by atoms with Crippen LogP contribution in [0, 0.1) is 11.3 Å². The van der Waals surface area contributed by atoms with Crippen molar-refractivity contribution in [3.05, 3.63) is 0 Å². The van der Waals surface area contributed by atoms with Gasteiger partial charge in [-0.15, -0.1) is 0 Å². The molecule has 1 aliphatic carbocycles. The number of carboxylic acid groups (broad SMARTS) is 1. The van der Waals surface area contributed by atoms with Crippen LogP contribution in [0.4, 0.5) is 0 Å². The lowest BCUT2D eigenvalue weighted by Crippen LogP contribution is -2.13. The van der Waals surface area contributed by atoms with E-state index in [0.29, 0.717) is 0 Å². The topological polar surface area (TPSA) is 46.5 Å². The Hall–Kier alpha value is -0.570.